The Morgan fingerprint density at radius 2 is 1.85 bits per heavy atom. The molecule has 1 fully saturated rings. The fourth-order valence-electron chi connectivity index (χ4n) is 1.91. The molecule has 1 aliphatic rings. The molecule has 0 spiro atoms. The van der Waals surface area contributed by atoms with Crippen LogP contribution in [-0.4, -0.2) is 29.2 Å². The normalized spacial score (nSPS) is 23.8. The third-order valence-electron chi connectivity index (χ3n) is 2.63. The maximum absolute atomic E-state index is 11.3. The Bertz CT molecular complexity index is 191. The van der Waals surface area contributed by atoms with Gasteiger partial charge in [-0.15, -0.1) is 0 Å². The van der Waals surface area contributed by atoms with Gasteiger partial charge in [-0.2, -0.15) is 0 Å². The number of hydrogen-bond acceptors (Lipinski definition) is 2. The van der Waals surface area contributed by atoms with Gasteiger partial charge >= 0.3 is 0 Å². The third-order valence-corrected chi connectivity index (χ3v) is 2.63. The van der Waals surface area contributed by atoms with Crippen molar-refractivity contribution in [3.8, 4) is 0 Å². The van der Waals surface area contributed by atoms with E-state index in [0.717, 1.165) is 32.2 Å². The summed E-state index contributed by atoms with van der Waals surface area (Å²) >= 11 is 0. The first kappa shape index (κ1) is 10.2. The van der Waals surface area contributed by atoms with Crippen molar-refractivity contribution < 1.29 is 9.59 Å². The van der Waals surface area contributed by atoms with Gasteiger partial charge in [-0.1, -0.05) is 12.8 Å². The molecule has 1 amide bonds. The molecule has 0 saturated carbocycles. The molecule has 0 N–H and O–H groups in total. The van der Waals surface area contributed by atoms with Crippen LogP contribution in [0.4, 0.5) is 0 Å². The molecule has 1 rings (SSSR count). The zero-order chi connectivity index (χ0) is 9.84. The SMILES string of the molecule is CC(=O)C1CCCCCN1C(C)=O. The Morgan fingerprint density at radius 3 is 2.38 bits per heavy atom. The summed E-state index contributed by atoms with van der Waals surface area (Å²) in [7, 11) is 0. The van der Waals surface area contributed by atoms with E-state index in [4.69, 9.17) is 0 Å². The lowest BCUT2D eigenvalue weighted by Gasteiger charge is -2.26. The van der Waals surface area contributed by atoms with Crippen molar-refractivity contribution >= 4 is 11.7 Å². The number of likely N-dealkylation sites (tertiary alicyclic amines) is 1. The Labute approximate surface area is 79.1 Å². The number of hydrogen-bond donors (Lipinski definition) is 0. The van der Waals surface area contributed by atoms with E-state index < -0.39 is 0 Å². The molecule has 0 bridgehead atoms. The summed E-state index contributed by atoms with van der Waals surface area (Å²) in [5.41, 5.74) is 0. The van der Waals surface area contributed by atoms with Crippen molar-refractivity contribution in [2.75, 3.05) is 6.54 Å². The molecule has 74 valence electrons. The monoisotopic (exact) mass is 183 g/mol. The largest absolute Gasteiger partial charge is 0.333 e. The molecule has 0 aromatic heterocycles. The second-order valence-electron chi connectivity index (χ2n) is 3.69. The lowest BCUT2D eigenvalue weighted by Crippen LogP contribution is -2.42. The van der Waals surface area contributed by atoms with Crippen LogP contribution in [0, 0.1) is 0 Å². The highest BCUT2D eigenvalue weighted by Crippen LogP contribution is 2.17. The van der Waals surface area contributed by atoms with Crippen molar-refractivity contribution in [2.45, 2.75) is 45.6 Å². The van der Waals surface area contributed by atoms with Gasteiger partial charge in [0.25, 0.3) is 0 Å². The standard InChI is InChI=1S/C10H17NO2/c1-8(12)10-6-4-3-5-7-11(10)9(2)13/h10H,3-7H2,1-2H3. The van der Waals surface area contributed by atoms with Crippen LogP contribution in [0.2, 0.25) is 0 Å². The van der Waals surface area contributed by atoms with Crippen LogP contribution in [0.1, 0.15) is 39.5 Å². The second kappa shape index (κ2) is 4.40. The van der Waals surface area contributed by atoms with Crippen LogP contribution in [-0.2, 0) is 9.59 Å². The Balaban J connectivity index is 2.72. The quantitative estimate of drug-likeness (QED) is 0.615. The smallest absolute Gasteiger partial charge is 0.220 e. The van der Waals surface area contributed by atoms with Crippen LogP contribution in [0.15, 0.2) is 0 Å². The van der Waals surface area contributed by atoms with Crippen LogP contribution < -0.4 is 0 Å². The van der Waals surface area contributed by atoms with E-state index in [1.54, 1.807) is 18.7 Å². The molecule has 1 unspecified atom stereocenters. The Hall–Kier alpha value is -0.860. The van der Waals surface area contributed by atoms with Gasteiger partial charge in [-0.25, -0.2) is 0 Å². The van der Waals surface area contributed by atoms with E-state index in [2.05, 4.69) is 0 Å². The summed E-state index contributed by atoms with van der Waals surface area (Å²) < 4.78 is 0. The summed E-state index contributed by atoms with van der Waals surface area (Å²) in [5.74, 6) is 0.152. The van der Waals surface area contributed by atoms with Crippen LogP contribution in [0.25, 0.3) is 0 Å². The minimum Gasteiger partial charge on any atom is -0.333 e. The summed E-state index contributed by atoms with van der Waals surface area (Å²) in [5, 5.41) is 0. The van der Waals surface area contributed by atoms with Crippen molar-refractivity contribution in [3.05, 3.63) is 0 Å². The number of carbonyl (C=O) groups excluding carboxylic acids is 2. The van der Waals surface area contributed by atoms with Crippen LogP contribution in [0.3, 0.4) is 0 Å². The van der Waals surface area contributed by atoms with E-state index >= 15 is 0 Å². The lowest BCUT2D eigenvalue weighted by atomic mass is 10.1. The number of Topliss-reactive ketones (excluding diaryl/α,β-unsaturated/α-hetero) is 1. The molecule has 13 heavy (non-hydrogen) atoms. The molecule has 0 radical (unpaired) electrons. The van der Waals surface area contributed by atoms with Crippen LogP contribution in [0.5, 0.6) is 0 Å². The lowest BCUT2D eigenvalue weighted by molar-refractivity contribution is -0.137. The number of nitrogens with zero attached hydrogens (tertiary/aromatic N) is 1. The molecule has 3 heteroatoms. The summed E-state index contributed by atoms with van der Waals surface area (Å²) in [4.78, 5) is 24.2. The van der Waals surface area contributed by atoms with Gasteiger partial charge in [0.1, 0.15) is 0 Å². The first-order chi connectivity index (χ1) is 6.13. The van der Waals surface area contributed by atoms with Gasteiger partial charge < -0.3 is 4.90 Å². The van der Waals surface area contributed by atoms with Crippen molar-refractivity contribution in [1.82, 2.24) is 4.90 Å². The topological polar surface area (TPSA) is 37.4 Å². The highest BCUT2D eigenvalue weighted by Gasteiger charge is 2.25. The minimum absolute atomic E-state index is 0.0297. The Morgan fingerprint density at radius 1 is 1.15 bits per heavy atom. The molecular weight excluding hydrogens is 166 g/mol. The van der Waals surface area contributed by atoms with Crippen molar-refractivity contribution in [3.63, 3.8) is 0 Å². The zero-order valence-electron chi connectivity index (χ0n) is 8.38. The van der Waals surface area contributed by atoms with E-state index in [1.807, 2.05) is 0 Å². The zero-order valence-corrected chi connectivity index (χ0v) is 8.38. The average molecular weight is 183 g/mol. The maximum atomic E-state index is 11.3. The van der Waals surface area contributed by atoms with E-state index in [-0.39, 0.29) is 17.7 Å². The minimum atomic E-state index is -0.153. The van der Waals surface area contributed by atoms with E-state index in [1.165, 1.54) is 0 Å². The number of ketones is 1. The molecular formula is C10H17NO2. The number of carbonyl (C=O) groups is 2. The average Bonchev–Trinajstić information content (AvgIpc) is 2.27. The molecule has 1 saturated heterocycles. The third kappa shape index (κ3) is 2.54. The Kier molecular flexibility index (Phi) is 3.46. The van der Waals surface area contributed by atoms with Gasteiger partial charge in [-0.05, 0) is 19.8 Å². The molecule has 1 heterocycles. The molecule has 0 aromatic carbocycles. The molecule has 1 aliphatic heterocycles. The first-order valence-corrected chi connectivity index (χ1v) is 4.90. The maximum Gasteiger partial charge on any atom is 0.220 e. The fraction of sp³-hybridized carbons (Fsp3) is 0.800. The van der Waals surface area contributed by atoms with E-state index in [9.17, 15) is 9.59 Å². The highest BCUT2D eigenvalue weighted by molar-refractivity contribution is 5.86. The van der Waals surface area contributed by atoms with E-state index in [0.29, 0.717) is 0 Å². The number of amides is 1. The van der Waals surface area contributed by atoms with Gasteiger partial charge in [0.05, 0.1) is 6.04 Å². The predicted molar refractivity (Wildman–Crippen MR) is 50.3 cm³/mol. The molecule has 0 aromatic rings. The van der Waals surface area contributed by atoms with Crippen molar-refractivity contribution in [1.29, 1.82) is 0 Å². The molecule has 1 atom stereocenters. The summed E-state index contributed by atoms with van der Waals surface area (Å²) in [6, 6.07) is -0.153. The first-order valence-electron chi connectivity index (χ1n) is 4.90. The van der Waals surface area contributed by atoms with Gasteiger partial charge in [0, 0.05) is 13.5 Å². The molecule has 3 nitrogen and oxygen atoms in total. The predicted octanol–water partition coefficient (Wildman–Crippen LogP) is 1.37. The van der Waals surface area contributed by atoms with Gasteiger partial charge in [0.2, 0.25) is 5.91 Å². The number of rotatable bonds is 1. The van der Waals surface area contributed by atoms with Crippen LogP contribution >= 0.6 is 0 Å². The fourth-order valence-corrected chi connectivity index (χ4v) is 1.91. The summed E-state index contributed by atoms with van der Waals surface area (Å²) in [6.07, 6.45) is 4.07. The molecule has 0 aliphatic carbocycles. The van der Waals surface area contributed by atoms with Crippen molar-refractivity contribution in [2.24, 2.45) is 0 Å². The second-order valence-corrected chi connectivity index (χ2v) is 3.69. The summed E-state index contributed by atoms with van der Waals surface area (Å²) in [6.45, 7) is 3.87. The highest BCUT2D eigenvalue weighted by atomic mass is 16.2. The van der Waals surface area contributed by atoms with Gasteiger partial charge in [0.15, 0.2) is 5.78 Å². The van der Waals surface area contributed by atoms with Gasteiger partial charge in [-0.3, -0.25) is 9.59 Å².